The first-order chi connectivity index (χ1) is 13.6. The fraction of sp³-hybridized carbons (Fsp3) is 0.100. The molecule has 0 aliphatic carbocycles. The van der Waals surface area contributed by atoms with Crippen LogP contribution in [0.2, 0.25) is 5.02 Å². The summed E-state index contributed by atoms with van der Waals surface area (Å²) < 4.78 is 5.60. The number of thioether (sulfide) groups is 1. The Labute approximate surface area is 171 Å². The first kappa shape index (κ1) is 18.5. The number of carbonyl (C=O) groups excluding carboxylic acids is 1. The summed E-state index contributed by atoms with van der Waals surface area (Å²) in [7, 11) is 0. The summed E-state index contributed by atoms with van der Waals surface area (Å²) in [5, 5.41) is 15.9. The Bertz CT molecular complexity index is 1060. The Balaban J connectivity index is 1.72. The molecular weight excluding hydrogens is 396 g/mol. The van der Waals surface area contributed by atoms with Crippen molar-refractivity contribution in [2.45, 2.75) is 6.92 Å². The first-order valence-corrected chi connectivity index (χ1v) is 9.74. The van der Waals surface area contributed by atoms with Crippen LogP contribution < -0.4 is 4.74 Å². The van der Waals surface area contributed by atoms with Crippen LogP contribution in [0.5, 0.6) is 5.75 Å². The molecule has 140 valence electrons. The van der Waals surface area contributed by atoms with Gasteiger partial charge in [0.1, 0.15) is 10.8 Å². The second kappa shape index (κ2) is 7.61. The molecule has 2 aliphatic heterocycles. The van der Waals surface area contributed by atoms with Crippen molar-refractivity contribution in [2.24, 2.45) is 10.1 Å². The van der Waals surface area contributed by atoms with Crippen LogP contribution in [0.25, 0.3) is 6.08 Å². The van der Waals surface area contributed by atoms with Crippen molar-refractivity contribution >= 4 is 51.4 Å². The van der Waals surface area contributed by atoms with Crippen molar-refractivity contribution in [1.29, 1.82) is 5.41 Å². The number of benzene rings is 2. The van der Waals surface area contributed by atoms with Crippen molar-refractivity contribution in [3.63, 3.8) is 0 Å². The van der Waals surface area contributed by atoms with Gasteiger partial charge < -0.3 is 4.74 Å². The Hall–Kier alpha value is -2.90. The molecule has 2 heterocycles. The van der Waals surface area contributed by atoms with E-state index >= 15 is 0 Å². The maximum absolute atomic E-state index is 12.6. The number of halogens is 1. The monoisotopic (exact) mass is 410 g/mol. The van der Waals surface area contributed by atoms with Crippen LogP contribution in [-0.4, -0.2) is 33.6 Å². The topological polar surface area (TPSA) is 78.1 Å². The Morgan fingerprint density at radius 3 is 2.79 bits per heavy atom. The number of aliphatic imine (C=N–C) groups is 1. The van der Waals surface area contributed by atoms with E-state index in [0.717, 1.165) is 5.56 Å². The molecule has 2 aromatic carbocycles. The summed E-state index contributed by atoms with van der Waals surface area (Å²) in [4.78, 5) is 16.7. The number of hydrazone groups is 1. The zero-order valence-electron chi connectivity index (χ0n) is 14.8. The standard InChI is InChI=1S/C20H15ClN4O2S/c1-2-27-16-9-8-14(21)10-13(16)11-15-17(22)25-20(23-18(15)26)28-19(24-25)12-6-4-3-5-7-12/h3-11,22H,2H2,1H3/b15-11-,22-17?. The normalized spacial score (nSPS) is 17.5. The van der Waals surface area contributed by atoms with Gasteiger partial charge >= 0.3 is 0 Å². The molecule has 8 heteroatoms. The van der Waals surface area contributed by atoms with Crippen molar-refractivity contribution in [3.05, 3.63) is 70.3 Å². The lowest BCUT2D eigenvalue weighted by atomic mass is 10.1. The third-order valence-corrected chi connectivity index (χ3v) is 5.24. The molecule has 1 N–H and O–H groups in total. The van der Waals surface area contributed by atoms with Gasteiger partial charge in [0, 0.05) is 16.1 Å². The van der Waals surface area contributed by atoms with E-state index in [2.05, 4.69) is 10.1 Å². The van der Waals surface area contributed by atoms with Crippen LogP contribution in [0, 0.1) is 5.41 Å². The van der Waals surface area contributed by atoms with Crippen LogP contribution in [0.1, 0.15) is 18.1 Å². The minimum absolute atomic E-state index is 0.0316. The fourth-order valence-electron chi connectivity index (χ4n) is 2.76. The number of carbonyl (C=O) groups is 1. The van der Waals surface area contributed by atoms with Gasteiger partial charge in [-0.15, -0.1) is 0 Å². The summed E-state index contributed by atoms with van der Waals surface area (Å²) in [6, 6.07) is 14.7. The largest absolute Gasteiger partial charge is 0.493 e. The molecule has 28 heavy (non-hydrogen) atoms. The maximum Gasteiger partial charge on any atom is 0.283 e. The number of hydrogen-bond acceptors (Lipinski definition) is 5. The predicted octanol–water partition coefficient (Wildman–Crippen LogP) is 4.41. The third kappa shape index (κ3) is 3.46. The highest BCUT2D eigenvalue weighted by atomic mass is 35.5. The van der Waals surface area contributed by atoms with E-state index in [1.54, 1.807) is 24.3 Å². The van der Waals surface area contributed by atoms with Gasteiger partial charge in [0.25, 0.3) is 5.91 Å². The molecule has 2 aromatic rings. The van der Waals surface area contributed by atoms with Crippen molar-refractivity contribution in [1.82, 2.24) is 5.01 Å². The molecule has 0 spiro atoms. The molecule has 0 radical (unpaired) electrons. The van der Waals surface area contributed by atoms with E-state index in [1.165, 1.54) is 16.8 Å². The third-order valence-electron chi connectivity index (χ3n) is 4.05. The van der Waals surface area contributed by atoms with E-state index in [1.807, 2.05) is 37.3 Å². The minimum Gasteiger partial charge on any atom is -0.493 e. The number of hydrogen-bond donors (Lipinski definition) is 1. The van der Waals surface area contributed by atoms with Crippen molar-refractivity contribution < 1.29 is 9.53 Å². The number of amidine groups is 2. The molecule has 0 atom stereocenters. The number of rotatable bonds is 4. The van der Waals surface area contributed by atoms with Gasteiger partial charge in [-0.2, -0.15) is 15.1 Å². The summed E-state index contributed by atoms with van der Waals surface area (Å²) >= 11 is 7.37. The zero-order chi connectivity index (χ0) is 19.7. The summed E-state index contributed by atoms with van der Waals surface area (Å²) in [6.07, 6.45) is 1.57. The minimum atomic E-state index is -0.490. The Kier molecular flexibility index (Phi) is 5.02. The molecular formula is C20H15ClN4O2S. The predicted molar refractivity (Wildman–Crippen MR) is 113 cm³/mol. The van der Waals surface area contributed by atoms with Crippen molar-refractivity contribution in [2.75, 3.05) is 6.61 Å². The summed E-state index contributed by atoms with van der Waals surface area (Å²) in [5.74, 6) is 0.0607. The maximum atomic E-state index is 12.6. The van der Waals surface area contributed by atoms with Gasteiger partial charge in [0.15, 0.2) is 5.84 Å². The number of nitrogens with zero attached hydrogens (tertiary/aromatic N) is 3. The second-order valence-electron chi connectivity index (χ2n) is 5.91. The van der Waals surface area contributed by atoms with Gasteiger partial charge in [0.2, 0.25) is 5.17 Å². The van der Waals surface area contributed by atoms with Crippen LogP contribution in [-0.2, 0) is 4.79 Å². The summed E-state index contributed by atoms with van der Waals surface area (Å²) in [6.45, 7) is 2.34. The molecule has 1 amide bonds. The van der Waals surface area contributed by atoms with Gasteiger partial charge in [0.05, 0.1) is 12.2 Å². The molecule has 0 saturated heterocycles. The van der Waals surface area contributed by atoms with Crippen LogP contribution >= 0.6 is 23.4 Å². The number of nitrogens with one attached hydrogen (secondary N) is 1. The molecule has 0 aromatic heterocycles. The van der Waals surface area contributed by atoms with Gasteiger partial charge in [-0.25, -0.2) is 0 Å². The summed E-state index contributed by atoms with van der Waals surface area (Å²) in [5.41, 5.74) is 1.65. The van der Waals surface area contributed by atoms with Gasteiger partial charge in [-0.1, -0.05) is 41.9 Å². The van der Waals surface area contributed by atoms with E-state index in [-0.39, 0.29) is 11.4 Å². The number of ether oxygens (including phenoxy) is 1. The van der Waals surface area contributed by atoms with Crippen LogP contribution in [0.4, 0.5) is 0 Å². The highest BCUT2D eigenvalue weighted by Crippen LogP contribution is 2.32. The molecule has 4 rings (SSSR count). The van der Waals surface area contributed by atoms with E-state index in [9.17, 15) is 4.79 Å². The Morgan fingerprint density at radius 2 is 2.04 bits per heavy atom. The van der Waals surface area contributed by atoms with E-state index in [0.29, 0.717) is 33.2 Å². The van der Waals surface area contributed by atoms with Crippen molar-refractivity contribution in [3.8, 4) is 5.75 Å². The lowest BCUT2D eigenvalue weighted by Crippen LogP contribution is -2.35. The highest BCUT2D eigenvalue weighted by Gasteiger charge is 2.36. The average molecular weight is 411 g/mol. The molecule has 0 bridgehead atoms. The number of fused-ring (bicyclic) bond motifs is 1. The second-order valence-corrected chi connectivity index (χ2v) is 7.30. The Morgan fingerprint density at radius 1 is 1.25 bits per heavy atom. The van der Waals surface area contributed by atoms with Crippen LogP contribution in [0.15, 0.2) is 64.2 Å². The first-order valence-electron chi connectivity index (χ1n) is 8.55. The average Bonchev–Trinajstić information content (AvgIpc) is 3.12. The fourth-order valence-corrected chi connectivity index (χ4v) is 3.84. The lowest BCUT2D eigenvalue weighted by molar-refractivity contribution is -0.114. The van der Waals surface area contributed by atoms with Gasteiger partial charge in [-0.3, -0.25) is 10.2 Å². The molecule has 0 saturated carbocycles. The molecule has 0 fully saturated rings. The van der Waals surface area contributed by atoms with Crippen LogP contribution in [0.3, 0.4) is 0 Å². The molecule has 2 aliphatic rings. The highest BCUT2D eigenvalue weighted by molar-refractivity contribution is 8.27. The van der Waals surface area contributed by atoms with Gasteiger partial charge in [-0.05, 0) is 43.0 Å². The van der Waals surface area contributed by atoms with E-state index in [4.69, 9.17) is 21.7 Å². The smallest absolute Gasteiger partial charge is 0.283 e. The van der Waals surface area contributed by atoms with E-state index < -0.39 is 5.91 Å². The zero-order valence-corrected chi connectivity index (χ0v) is 16.4. The number of amides is 1. The molecule has 6 nitrogen and oxygen atoms in total. The molecule has 0 unspecified atom stereocenters. The quantitative estimate of drug-likeness (QED) is 0.757. The lowest BCUT2D eigenvalue weighted by Gasteiger charge is -2.20. The SMILES string of the molecule is CCOc1ccc(Cl)cc1/C=C1/C(=N)N2N=C(c3ccccc3)SC2=NC1=O.